The number of rotatable bonds is 6. The number of ether oxygens (including phenoxy) is 2. The van der Waals surface area contributed by atoms with Crippen LogP contribution in [0.15, 0.2) is 18.2 Å². The zero-order valence-electron chi connectivity index (χ0n) is 13.1. The number of likely N-dealkylation sites (N-methyl/N-ethyl adjacent to an activating group) is 2. The van der Waals surface area contributed by atoms with Crippen LogP contribution in [0.5, 0.6) is 11.5 Å². The van der Waals surface area contributed by atoms with Gasteiger partial charge in [0.05, 0.1) is 20.3 Å². The standard InChI is InChI=1S/C15H26N2O2/c1-15(2,17(4)5)14(16-3)11-8-9-12(18-6)13(10-11)19-7/h8-10,14,16H,1-7H3. The number of hydrogen-bond acceptors (Lipinski definition) is 4. The molecular formula is C15H26N2O2. The lowest BCUT2D eigenvalue weighted by molar-refractivity contribution is 0.142. The normalized spacial score (nSPS) is 13.5. The smallest absolute Gasteiger partial charge is 0.161 e. The molecule has 0 heterocycles. The van der Waals surface area contributed by atoms with Gasteiger partial charge in [-0.25, -0.2) is 0 Å². The van der Waals surface area contributed by atoms with Gasteiger partial charge in [0.1, 0.15) is 0 Å². The molecule has 1 N–H and O–H groups in total. The fourth-order valence-corrected chi connectivity index (χ4v) is 2.22. The highest BCUT2D eigenvalue weighted by Gasteiger charge is 2.32. The Morgan fingerprint density at radius 1 is 1.11 bits per heavy atom. The maximum atomic E-state index is 5.38. The van der Waals surface area contributed by atoms with Gasteiger partial charge in [0, 0.05) is 5.54 Å². The van der Waals surface area contributed by atoms with Crippen LogP contribution in [0.3, 0.4) is 0 Å². The first-order valence-electron chi connectivity index (χ1n) is 6.45. The van der Waals surface area contributed by atoms with Crippen molar-refractivity contribution in [1.29, 1.82) is 0 Å². The summed E-state index contributed by atoms with van der Waals surface area (Å²) in [7, 11) is 9.47. The molecule has 4 nitrogen and oxygen atoms in total. The highest BCUT2D eigenvalue weighted by molar-refractivity contribution is 5.44. The summed E-state index contributed by atoms with van der Waals surface area (Å²) in [5.41, 5.74) is 1.16. The molecule has 4 heteroatoms. The van der Waals surface area contributed by atoms with Crippen molar-refractivity contribution in [2.24, 2.45) is 0 Å². The lowest BCUT2D eigenvalue weighted by Gasteiger charge is -2.40. The van der Waals surface area contributed by atoms with E-state index in [1.54, 1.807) is 14.2 Å². The van der Waals surface area contributed by atoms with Gasteiger partial charge < -0.3 is 19.7 Å². The van der Waals surface area contributed by atoms with Gasteiger partial charge in [0.2, 0.25) is 0 Å². The Bertz CT molecular complexity index is 417. The summed E-state index contributed by atoms with van der Waals surface area (Å²) in [6.45, 7) is 4.43. The van der Waals surface area contributed by atoms with Crippen LogP contribution in [0.1, 0.15) is 25.5 Å². The van der Waals surface area contributed by atoms with Crippen molar-refractivity contribution in [3.05, 3.63) is 23.8 Å². The van der Waals surface area contributed by atoms with Crippen molar-refractivity contribution in [3.8, 4) is 11.5 Å². The van der Waals surface area contributed by atoms with E-state index in [1.807, 2.05) is 19.2 Å². The molecule has 0 bridgehead atoms. The molecule has 0 aliphatic rings. The Labute approximate surface area is 116 Å². The maximum Gasteiger partial charge on any atom is 0.161 e. The third kappa shape index (κ3) is 3.19. The minimum atomic E-state index is -0.0195. The van der Waals surface area contributed by atoms with E-state index in [2.05, 4.69) is 44.2 Å². The molecule has 0 fully saturated rings. The highest BCUT2D eigenvalue weighted by Crippen LogP contribution is 2.35. The van der Waals surface area contributed by atoms with Crippen LogP contribution in [0.4, 0.5) is 0 Å². The van der Waals surface area contributed by atoms with E-state index in [-0.39, 0.29) is 11.6 Å². The third-order valence-electron chi connectivity index (χ3n) is 3.89. The lowest BCUT2D eigenvalue weighted by atomic mass is 9.87. The van der Waals surface area contributed by atoms with E-state index < -0.39 is 0 Å². The summed E-state index contributed by atoms with van der Waals surface area (Å²) in [6.07, 6.45) is 0. The van der Waals surface area contributed by atoms with Crippen molar-refractivity contribution >= 4 is 0 Å². The molecule has 0 aliphatic heterocycles. The van der Waals surface area contributed by atoms with Crippen LogP contribution in [0.25, 0.3) is 0 Å². The van der Waals surface area contributed by atoms with Crippen molar-refractivity contribution < 1.29 is 9.47 Å². The van der Waals surface area contributed by atoms with E-state index in [1.165, 1.54) is 5.56 Å². The Hall–Kier alpha value is -1.26. The van der Waals surface area contributed by atoms with Crippen LogP contribution in [0, 0.1) is 0 Å². The largest absolute Gasteiger partial charge is 0.493 e. The summed E-state index contributed by atoms with van der Waals surface area (Å²) in [5.74, 6) is 1.51. The zero-order valence-corrected chi connectivity index (χ0v) is 13.1. The Morgan fingerprint density at radius 3 is 2.11 bits per heavy atom. The first-order valence-corrected chi connectivity index (χ1v) is 6.45. The number of nitrogens with one attached hydrogen (secondary N) is 1. The van der Waals surface area contributed by atoms with Gasteiger partial charge in [-0.15, -0.1) is 0 Å². The van der Waals surface area contributed by atoms with Gasteiger partial charge in [-0.3, -0.25) is 0 Å². The molecule has 1 unspecified atom stereocenters. The van der Waals surface area contributed by atoms with Crippen molar-refractivity contribution in [2.45, 2.75) is 25.4 Å². The van der Waals surface area contributed by atoms with E-state index in [0.717, 1.165) is 11.5 Å². The second kappa shape index (κ2) is 6.26. The van der Waals surface area contributed by atoms with Crippen molar-refractivity contribution in [1.82, 2.24) is 10.2 Å². The van der Waals surface area contributed by atoms with E-state index in [0.29, 0.717) is 0 Å². The minimum absolute atomic E-state index is 0.0195. The number of hydrogen-bond donors (Lipinski definition) is 1. The van der Waals surface area contributed by atoms with Gasteiger partial charge >= 0.3 is 0 Å². The molecule has 1 rings (SSSR count). The fraction of sp³-hybridized carbons (Fsp3) is 0.600. The minimum Gasteiger partial charge on any atom is -0.493 e. The molecule has 0 spiro atoms. The molecule has 1 aromatic rings. The zero-order chi connectivity index (χ0) is 14.6. The Kier molecular flexibility index (Phi) is 5.20. The van der Waals surface area contributed by atoms with Crippen LogP contribution < -0.4 is 14.8 Å². The van der Waals surface area contributed by atoms with E-state index in [4.69, 9.17) is 9.47 Å². The molecular weight excluding hydrogens is 240 g/mol. The molecule has 0 radical (unpaired) electrons. The summed E-state index contributed by atoms with van der Waals surface area (Å²) < 4.78 is 10.7. The fourth-order valence-electron chi connectivity index (χ4n) is 2.22. The highest BCUT2D eigenvalue weighted by atomic mass is 16.5. The van der Waals surface area contributed by atoms with Gasteiger partial charge in [-0.05, 0) is 52.7 Å². The van der Waals surface area contributed by atoms with Crippen molar-refractivity contribution in [2.75, 3.05) is 35.4 Å². The molecule has 108 valence electrons. The molecule has 0 saturated heterocycles. The van der Waals surface area contributed by atoms with Gasteiger partial charge in [-0.1, -0.05) is 6.07 Å². The number of methoxy groups -OCH3 is 2. The van der Waals surface area contributed by atoms with Crippen molar-refractivity contribution in [3.63, 3.8) is 0 Å². The van der Waals surface area contributed by atoms with Crippen LogP contribution in [-0.4, -0.2) is 45.8 Å². The predicted molar refractivity (Wildman–Crippen MR) is 79.1 cm³/mol. The topological polar surface area (TPSA) is 33.7 Å². The molecule has 1 atom stereocenters. The summed E-state index contributed by atoms with van der Waals surface area (Å²) in [5, 5.41) is 3.39. The van der Waals surface area contributed by atoms with Crippen LogP contribution in [0.2, 0.25) is 0 Å². The third-order valence-corrected chi connectivity index (χ3v) is 3.89. The molecule has 1 aromatic carbocycles. The summed E-state index contributed by atoms with van der Waals surface area (Å²) in [6, 6.07) is 6.26. The quantitative estimate of drug-likeness (QED) is 0.856. The monoisotopic (exact) mass is 266 g/mol. The summed E-state index contributed by atoms with van der Waals surface area (Å²) in [4.78, 5) is 2.21. The molecule has 0 saturated carbocycles. The van der Waals surface area contributed by atoms with Crippen LogP contribution >= 0.6 is 0 Å². The van der Waals surface area contributed by atoms with Crippen LogP contribution in [-0.2, 0) is 0 Å². The molecule has 0 amide bonds. The van der Waals surface area contributed by atoms with E-state index in [9.17, 15) is 0 Å². The SMILES string of the molecule is CNC(c1ccc(OC)c(OC)c1)C(C)(C)N(C)C. The van der Waals surface area contributed by atoms with Gasteiger partial charge in [0.15, 0.2) is 11.5 Å². The van der Waals surface area contributed by atoms with E-state index >= 15 is 0 Å². The van der Waals surface area contributed by atoms with Gasteiger partial charge in [0.25, 0.3) is 0 Å². The van der Waals surface area contributed by atoms with Gasteiger partial charge in [-0.2, -0.15) is 0 Å². The average molecular weight is 266 g/mol. The second-order valence-corrected chi connectivity index (χ2v) is 5.38. The molecule has 0 aliphatic carbocycles. The maximum absolute atomic E-state index is 5.38. The first kappa shape index (κ1) is 15.8. The first-order chi connectivity index (χ1) is 8.88. The number of benzene rings is 1. The number of nitrogens with zero attached hydrogens (tertiary/aromatic N) is 1. The predicted octanol–water partition coefficient (Wildman–Crippen LogP) is 2.30. The second-order valence-electron chi connectivity index (χ2n) is 5.38. The lowest BCUT2D eigenvalue weighted by Crippen LogP contribution is -2.48. The Balaban J connectivity index is 3.19. The average Bonchev–Trinajstić information content (AvgIpc) is 2.38. The molecule has 0 aromatic heterocycles. The molecule has 19 heavy (non-hydrogen) atoms. The Morgan fingerprint density at radius 2 is 1.68 bits per heavy atom. The summed E-state index contributed by atoms with van der Waals surface area (Å²) >= 11 is 0.